The van der Waals surface area contributed by atoms with Gasteiger partial charge in [-0.1, -0.05) is 12.1 Å². The number of anilines is 1. The molecule has 0 amide bonds. The molecule has 1 aromatic heterocycles. The zero-order valence-electron chi connectivity index (χ0n) is 11.9. The molecule has 112 valence electrons. The van der Waals surface area contributed by atoms with Crippen LogP contribution in [0.1, 0.15) is 6.92 Å². The predicted molar refractivity (Wildman–Crippen MR) is 82.8 cm³/mol. The molecule has 7 heteroatoms. The van der Waals surface area contributed by atoms with Crippen LogP contribution in [0.2, 0.25) is 0 Å². The molecular formula is C14H18N4O2S. The Hall–Kier alpha value is -1.73. The second-order valence-electron chi connectivity index (χ2n) is 5.00. The van der Waals surface area contributed by atoms with E-state index in [4.69, 9.17) is 0 Å². The fourth-order valence-corrected chi connectivity index (χ4v) is 3.69. The van der Waals surface area contributed by atoms with E-state index in [2.05, 4.69) is 14.9 Å². The van der Waals surface area contributed by atoms with Crippen molar-refractivity contribution in [1.82, 2.24) is 14.3 Å². The predicted octanol–water partition coefficient (Wildman–Crippen LogP) is 1.10. The standard InChI is InChI=1S/C14H18N4O2S/c1-2-21(19,20)18-9-7-17(8-10-18)14-12-5-3-4-6-13(12)15-11-16-14/h3-6,11H,2,7-10H2,1H3. The van der Waals surface area contributed by atoms with Gasteiger partial charge in [0.25, 0.3) is 0 Å². The Morgan fingerprint density at radius 1 is 1.10 bits per heavy atom. The van der Waals surface area contributed by atoms with E-state index in [1.165, 1.54) is 0 Å². The Morgan fingerprint density at radius 3 is 2.52 bits per heavy atom. The summed E-state index contributed by atoms with van der Waals surface area (Å²) in [5, 5.41) is 1.01. The van der Waals surface area contributed by atoms with Crippen LogP contribution in [0.3, 0.4) is 0 Å². The summed E-state index contributed by atoms with van der Waals surface area (Å²) >= 11 is 0. The molecular weight excluding hydrogens is 288 g/mol. The first-order chi connectivity index (χ1) is 10.1. The van der Waals surface area contributed by atoms with Gasteiger partial charge in [0.05, 0.1) is 11.3 Å². The summed E-state index contributed by atoms with van der Waals surface area (Å²) in [7, 11) is -3.10. The summed E-state index contributed by atoms with van der Waals surface area (Å²) < 4.78 is 25.3. The monoisotopic (exact) mass is 306 g/mol. The number of fused-ring (bicyclic) bond motifs is 1. The first-order valence-electron chi connectivity index (χ1n) is 7.04. The van der Waals surface area contributed by atoms with Crippen LogP contribution in [0.25, 0.3) is 10.9 Å². The van der Waals surface area contributed by atoms with Crippen molar-refractivity contribution < 1.29 is 8.42 Å². The van der Waals surface area contributed by atoms with Crippen molar-refractivity contribution in [3.05, 3.63) is 30.6 Å². The van der Waals surface area contributed by atoms with E-state index in [9.17, 15) is 8.42 Å². The molecule has 1 aromatic carbocycles. The molecule has 0 N–H and O–H groups in total. The van der Waals surface area contributed by atoms with Crippen LogP contribution >= 0.6 is 0 Å². The molecule has 0 aliphatic carbocycles. The Balaban J connectivity index is 1.83. The van der Waals surface area contributed by atoms with Gasteiger partial charge >= 0.3 is 0 Å². The zero-order chi connectivity index (χ0) is 14.9. The van der Waals surface area contributed by atoms with Gasteiger partial charge < -0.3 is 4.90 Å². The second kappa shape index (κ2) is 5.57. The maximum absolute atomic E-state index is 11.9. The van der Waals surface area contributed by atoms with Crippen molar-refractivity contribution in [3.8, 4) is 0 Å². The minimum absolute atomic E-state index is 0.156. The number of hydrogen-bond acceptors (Lipinski definition) is 5. The van der Waals surface area contributed by atoms with Crippen LogP contribution in [-0.4, -0.2) is 54.6 Å². The summed E-state index contributed by atoms with van der Waals surface area (Å²) in [6.07, 6.45) is 1.56. The van der Waals surface area contributed by atoms with E-state index < -0.39 is 10.0 Å². The lowest BCUT2D eigenvalue weighted by Crippen LogP contribution is -2.49. The molecule has 1 aliphatic rings. The van der Waals surface area contributed by atoms with Gasteiger partial charge in [0.15, 0.2) is 0 Å². The van der Waals surface area contributed by atoms with Gasteiger partial charge in [-0.25, -0.2) is 18.4 Å². The Kier molecular flexibility index (Phi) is 3.77. The maximum Gasteiger partial charge on any atom is 0.213 e. The van der Waals surface area contributed by atoms with Crippen LogP contribution in [0.5, 0.6) is 0 Å². The molecule has 1 fully saturated rings. The first kappa shape index (κ1) is 14.2. The highest BCUT2D eigenvalue weighted by Gasteiger charge is 2.26. The first-order valence-corrected chi connectivity index (χ1v) is 8.65. The van der Waals surface area contributed by atoms with Crippen LogP contribution in [0.4, 0.5) is 5.82 Å². The minimum atomic E-state index is -3.10. The quantitative estimate of drug-likeness (QED) is 0.849. The largest absolute Gasteiger partial charge is 0.353 e. The molecule has 1 aliphatic heterocycles. The molecule has 6 nitrogen and oxygen atoms in total. The van der Waals surface area contributed by atoms with E-state index >= 15 is 0 Å². The van der Waals surface area contributed by atoms with Crippen molar-refractivity contribution in [2.75, 3.05) is 36.8 Å². The fraction of sp³-hybridized carbons (Fsp3) is 0.429. The van der Waals surface area contributed by atoms with E-state index in [0.29, 0.717) is 26.2 Å². The number of hydrogen-bond donors (Lipinski definition) is 0. The van der Waals surface area contributed by atoms with E-state index in [-0.39, 0.29) is 5.75 Å². The van der Waals surface area contributed by atoms with Gasteiger partial charge in [0, 0.05) is 31.6 Å². The van der Waals surface area contributed by atoms with E-state index in [1.54, 1.807) is 17.6 Å². The van der Waals surface area contributed by atoms with Crippen molar-refractivity contribution in [3.63, 3.8) is 0 Å². The Bertz CT molecular complexity index is 734. The number of para-hydroxylation sites is 1. The molecule has 0 saturated carbocycles. The zero-order valence-corrected chi connectivity index (χ0v) is 12.8. The van der Waals surface area contributed by atoms with Gasteiger partial charge in [0.1, 0.15) is 12.1 Å². The number of benzene rings is 1. The SMILES string of the molecule is CCS(=O)(=O)N1CCN(c2ncnc3ccccc23)CC1. The Labute approximate surface area is 124 Å². The number of piperazine rings is 1. The molecule has 0 bridgehead atoms. The van der Waals surface area contributed by atoms with Crippen LogP contribution < -0.4 is 4.90 Å². The molecule has 2 heterocycles. The van der Waals surface area contributed by atoms with Gasteiger partial charge in [-0.2, -0.15) is 4.31 Å². The number of rotatable bonds is 3. The minimum Gasteiger partial charge on any atom is -0.353 e. The van der Waals surface area contributed by atoms with Gasteiger partial charge in [-0.15, -0.1) is 0 Å². The van der Waals surface area contributed by atoms with E-state index in [0.717, 1.165) is 16.7 Å². The van der Waals surface area contributed by atoms with Crippen molar-refractivity contribution in [2.45, 2.75) is 6.92 Å². The third-order valence-electron chi connectivity index (χ3n) is 3.82. The molecule has 0 radical (unpaired) electrons. The fourth-order valence-electron chi connectivity index (χ4n) is 2.60. The second-order valence-corrected chi connectivity index (χ2v) is 7.26. The van der Waals surface area contributed by atoms with Crippen LogP contribution in [0, 0.1) is 0 Å². The van der Waals surface area contributed by atoms with E-state index in [1.807, 2.05) is 24.3 Å². The summed E-state index contributed by atoms with van der Waals surface area (Å²) in [6.45, 7) is 4.00. The van der Waals surface area contributed by atoms with Crippen molar-refractivity contribution in [2.24, 2.45) is 0 Å². The number of sulfonamides is 1. The molecule has 0 spiro atoms. The molecule has 0 atom stereocenters. The third-order valence-corrected chi connectivity index (χ3v) is 5.70. The highest BCUT2D eigenvalue weighted by atomic mass is 32.2. The molecule has 0 unspecified atom stereocenters. The van der Waals surface area contributed by atoms with Gasteiger partial charge in [0.2, 0.25) is 10.0 Å². The molecule has 1 saturated heterocycles. The smallest absolute Gasteiger partial charge is 0.213 e. The molecule has 2 aromatic rings. The highest BCUT2D eigenvalue weighted by Crippen LogP contribution is 2.23. The Morgan fingerprint density at radius 2 is 1.81 bits per heavy atom. The summed E-state index contributed by atoms with van der Waals surface area (Å²) in [5.74, 6) is 1.04. The average molecular weight is 306 g/mol. The lowest BCUT2D eigenvalue weighted by atomic mass is 10.2. The van der Waals surface area contributed by atoms with Crippen molar-refractivity contribution in [1.29, 1.82) is 0 Å². The lowest BCUT2D eigenvalue weighted by molar-refractivity contribution is 0.385. The van der Waals surface area contributed by atoms with Gasteiger partial charge in [-0.3, -0.25) is 0 Å². The normalized spacial score (nSPS) is 17.3. The third kappa shape index (κ3) is 2.71. The van der Waals surface area contributed by atoms with Crippen LogP contribution in [0.15, 0.2) is 30.6 Å². The molecule has 3 rings (SSSR count). The number of nitrogens with zero attached hydrogens (tertiary/aromatic N) is 4. The highest BCUT2D eigenvalue weighted by molar-refractivity contribution is 7.89. The average Bonchev–Trinajstić information content (AvgIpc) is 2.54. The van der Waals surface area contributed by atoms with Gasteiger partial charge in [-0.05, 0) is 19.1 Å². The maximum atomic E-state index is 11.9. The molecule has 21 heavy (non-hydrogen) atoms. The summed E-state index contributed by atoms with van der Waals surface area (Å²) in [5.41, 5.74) is 0.908. The summed E-state index contributed by atoms with van der Waals surface area (Å²) in [4.78, 5) is 10.8. The van der Waals surface area contributed by atoms with Crippen molar-refractivity contribution >= 4 is 26.7 Å². The lowest BCUT2D eigenvalue weighted by Gasteiger charge is -2.34. The van der Waals surface area contributed by atoms with Crippen LogP contribution in [-0.2, 0) is 10.0 Å². The number of aromatic nitrogens is 2. The topological polar surface area (TPSA) is 66.4 Å². The summed E-state index contributed by atoms with van der Waals surface area (Å²) in [6, 6.07) is 7.87.